The van der Waals surface area contributed by atoms with Gasteiger partial charge in [-0.25, -0.2) is 8.78 Å². The summed E-state index contributed by atoms with van der Waals surface area (Å²) in [4.78, 5) is 0. The molecule has 0 aliphatic heterocycles. The fourth-order valence-corrected chi connectivity index (χ4v) is 2.69. The first-order valence-corrected chi connectivity index (χ1v) is 6.81. The highest BCUT2D eigenvalue weighted by Gasteiger charge is 2.35. The third-order valence-corrected chi connectivity index (χ3v) is 3.96. The summed E-state index contributed by atoms with van der Waals surface area (Å²) < 4.78 is 27.7. The molecule has 112 valence electrons. The van der Waals surface area contributed by atoms with Gasteiger partial charge in [0.25, 0.3) is 0 Å². The van der Waals surface area contributed by atoms with Crippen molar-refractivity contribution in [1.29, 1.82) is 0 Å². The third kappa shape index (κ3) is 3.07. The van der Waals surface area contributed by atoms with Crippen molar-refractivity contribution in [3.05, 3.63) is 70.2 Å². The molecule has 21 heavy (non-hydrogen) atoms. The van der Waals surface area contributed by atoms with Crippen LogP contribution < -0.4 is 0 Å². The summed E-state index contributed by atoms with van der Waals surface area (Å²) in [5.74, 6) is -1.43. The molecule has 0 bridgehead atoms. The van der Waals surface area contributed by atoms with Crippen LogP contribution in [0.2, 0.25) is 5.02 Å². The zero-order valence-electron chi connectivity index (χ0n) is 11.2. The Bertz CT molecular complexity index is 607. The highest BCUT2D eigenvalue weighted by Crippen LogP contribution is 2.34. The summed E-state index contributed by atoms with van der Waals surface area (Å²) in [6.07, 6.45) is -0.192. The first kappa shape index (κ1) is 15.9. The molecule has 2 aromatic carbocycles. The molecule has 0 fully saturated rings. The lowest BCUT2D eigenvalue weighted by Gasteiger charge is -2.31. The average molecular weight is 313 g/mol. The van der Waals surface area contributed by atoms with E-state index in [-0.39, 0.29) is 12.0 Å². The van der Waals surface area contributed by atoms with Gasteiger partial charge in [-0.3, -0.25) is 0 Å². The molecule has 2 rings (SSSR count). The van der Waals surface area contributed by atoms with Gasteiger partial charge < -0.3 is 10.2 Å². The maximum atomic E-state index is 13.8. The van der Waals surface area contributed by atoms with E-state index in [9.17, 15) is 19.0 Å². The lowest BCUT2D eigenvalue weighted by molar-refractivity contribution is 0.115. The fourth-order valence-electron chi connectivity index (χ4n) is 2.36. The smallest absolute Gasteiger partial charge is 0.129 e. The summed E-state index contributed by atoms with van der Waals surface area (Å²) in [6, 6.07) is 10.2. The van der Waals surface area contributed by atoms with E-state index in [1.54, 1.807) is 24.3 Å². The minimum Gasteiger partial charge on any atom is -0.395 e. The van der Waals surface area contributed by atoms with E-state index in [1.807, 2.05) is 0 Å². The van der Waals surface area contributed by atoms with E-state index in [1.165, 1.54) is 6.07 Å². The Morgan fingerprint density at radius 2 is 1.48 bits per heavy atom. The highest BCUT2D eigenvalue weighted by molar-refractivity contribution is 6.31. The molecule has 0 heterocycles. The zero-order valence-corrected chi connectivity index (χ0v) is 11.9. The molecule has 0 saturated heterocycles. The van der Waals surface area contributed by atoms with E-state index in [4.69, 9.17) is 11.6 Å². The second kappa shape index (κ2) is 6.52. The van der Waals surface area contributed by atoms with Gasteiger partial charge in [0, 0.05) is 16.0 Å². The Morgan fingerprint density at radius 3 is 2.00 bits per heavy atom. The van der Waals surface area contributed by atoms with Gasteiger partial charge in [0.15, 0.2) is 0 Å². The van der Waals surface area contributed by atoms with Gasteiger partial charge in [-0.1, -0.05) is 35.9 Å². The summed E-state index contributed by atoms with van der Waals surface area (Å²) in [5.41, 5.74) is -0.971. The summed E-state index contributed by atoms with van der Waals surface area (Å²) in [7, 11) is 0. The second-order valence-electron chi connectivity index (χ2n) is 4.95. The number of hydrogen-bond acceptors (Lipinski definition) is 2. The Hall–Kier alpha value is -1.49. The van der Waals surface area contributed by atoms with Crippen molar-refractivity contribution in [2.45, 2.75) is 11.8 Å². The molecular formula is C16H15ClF2O2. The molecule has 0 unspecified atom stereocenters. The van der Waals surface area contributed by atoms with E-state index < -0.39 is 30.3 Å². The van der Waals surface area contributed by atoms with Gasteiger partial charge in [0.1, 0.15) is 11.6 Å². The van der Waals surface area contributed by atoms with Crippen LogP contribution in [0.5, 0.6) is 0 Å². The van der Waals surface area contributed by atoms with Gasteiger partial charge in [0.05, 0.1) is 13.2 Å². The van der Waals surface area contributed by atoms with Crippen molar-refractivity contribution in [1.82, 2.24) is 0 Å². The normalized spacial score (nSPS) is 11.7. The van der Waals surface area contributed by atoms with Crippen molar-refractivity contribution in [2.24, 2.45) is 0 Å². The maximum absolute atomic E-state index is 13.8. The molecular weight excluding hydrogens is 298 g/mol. The molecule has 0 atom stereocenters. The molecule has 0 radical (unpaired) electrons. The SMILES string of the molecule is OCC(CO)(Cc1c(F)cccc1F)c1ccccc1Cl. The molecule has 0 amide bonds. The molecule has 0 spiro atoms. The predicted octanol–water partition coefficient (Wildman–Crippen LogP) is 3.08. The number of halogens is 3. The van der Waals surface area contributed by atoms with E-state index >= 15 is 0 Å². The Labute approximate surface area is 126 Å². The molecule has 2 nitrogen and oxygen atoms in total. The largest absolute Gasteiger partial charge is 0.395 e. The van der Waals surface area contributed by atoms with Crippen LogP contribution in [0.25, 0.3) is 0 Å². The third-order valence-electron chi connectivity index (χ3n) is 3.63. The molecule has 0 saturated carbocycles. The molecule has 2 N–H and O–H groups in total. The molecule has 2 aromatic rings. The number of benzene rings is 2. The maximum Gasteiger partial charge on any atom is 0.129 e. The van der Waals surface area contributed by atoms with Gasteiger partial charge >= 0.3 is 0 Å². The van der Waals surface area contributed by atoms with E-state index in [0.29, 0.717) is 10.6 Å². The number of rotatable bonds is 5. The van der Waals surface area contributed by atoms with Gasteiger partial charge in [-0.05, 0) is 30.2 Å². The molecule has 0 aliphatic rings. The Morgan fingerprint density at radius 1 is 0.905 bits per heavy atom. The van der Waals surface area contributed by atoms with Crippen LogP contribution in [0.15, 0.2) is 42.5 Å². The molecule has 0 aromatic heterocycles. The summed E-state index contributed by atoms with van der Waals surface area (Å²) >= 11 is 6.10. The van der Waals surface area contributed by atoms with Crippen LogP contribution in [0, 0.1) is 11.6 Å². The van der Waals surface area contributed by atoms with E-state index in [0.717, 1.165) is 12.1 Å². The quantitative estimate of drug-likeness (QED) is 0.891. The van der Waals surface area contributed by atoms with Crippen LogP contribution in [-0.4, -0.2) is 23.4 Å². The standard InChI is InChI=1S/C16H15ClF2O2/c17-13-5-2-1-4-12(13)16(9-20,10-21)8-11-14(18)6-3-7-15(11)19/h1-7,20-21H,8-10H2. The lowest BCUT2D eigenvalue weighted by atomic mass is 9.76. The van der Waals surface area contributed by atoms with Crippen LogP contribution >= 0.6 is 11.6 Å². The van der Waals surface area contributed by atoms with E-state index in [2.05, 4.69) is 0 Å². The Kier molecular flexibility index (Phi) is 4.93. The van der Waals surface area contributed by atoms with Crippen molar-refractivity contribution in [2.75, 3.05) is 13.2 Å². The second-order valence-corrected chi connectivity index (χ2v) is 5.36. The lowest BCUT2D eigenvalue weighted by Crippen LogP contribution is -2.38. The minimum atomic E-state index is -1.25. The van der Waals surface area contributed by atoms with Crippen LogP contribution in [0.4, 0.5) is 8.78 Å². The number of hydrogen-bond donors (Lipinski definition) is 2. The zero-order chi connectivity index (χ0) is 15.5. The molecule has 5 heteroatoms. The van der Waals surface area contributed by atoms with Crippen LogP contribution in [0.1, 0.15) is 11.1 Å². The monoisotopic (exact) mass is 312 g/mol. The first-order chi connectivity index (χ1) is 10.0. The highest BCUT2D eigenvalue weighted by atomic mass is 35.5. The van der Waals surface area contributed by atoms with Crippen molar-refractivity contribution >= 4 is 11.6 Å². The first-order valence-electron chi connectivity index (χ1n) is 6.43. The average Bonchev–Trinajstić information content (AvgIpc) is 2.49. The molecule has 0 aliphatic carbocycles. The Balaban J connectivity index is 2.51. The van der Waals surface area contributed by atoms with Crippen molar-refractivity contribution in [3.8, 4) is 0 Å². The summed E-state index contributed by atoms with van der Waals surface area (Å²) in [6.45, 7) is -0.970. The summed E-state index contributed by atoms with van der Waals surface area (Å²) in [5, 5.41) is 19.8. The van der Waals surface area contributed by atoms with Crippen molar-refractivity contribution in [3.63, 3.8) is 0 Å². The minimum absolute atomic E-state index is 0.180. The number of aliphatic hydroxyl groups excluding tert-OH is 2. The van der Waals surface area contributed by atoms with Crippen molar-refractivity contribution < 1.29 is 19.0 Å². The topological polar surface area (TPSA) is 40.5 Å². The predicted molar refractivity (Wildman–Crippen MR) is 77.4 cm³/mol. The van der Waals surface area contributed by atoms with Crippen LogP contribution in [-0.2, 0) is 11.8 Å². The van der Waals surface area contributed by atoms with Gasteiger partial charge in [0.2, 0.25) is 0 Å². The fraction of sp³-hybridized carbons (Fsp3) is 0.250. The number of aliphatic hydroxyl groups is 2. The van der Waals surface area contributed by atoms with Crippen LogP contribution in [0.3, 0.4) is 0 Å². The van der Waals surface area contributed by atoms with Gasteiger partial charge in [-0.2, -0.15) is 0 Å². The van der Waals surface area contributed by atoms with Gasteiger partial charge in [-0.15, -0.1) is 0 Å².